The zero-order chi connectivity index (χ0) is 30.0. The van der Waals surface area contributed by atoms with Crippen LogP contribution >= 0.6 is 11.8 Å². The number of nitrogens with zero attached hydrogens (tertiary/aromatic N) is 2. The molecule has 0 bridgehead atoms. The van der Waals surface area contributed by atoms with E-state index in [0.29, 0.717) is 31.0 Å². The summed E-state index contributed by atoms with van der Waals surface area (Å²) in [6.45, 7) is 8.04. The van der Waals surface area contributed by atoms with Crippen LogP contribution in [0.2, 0.25) is 0 Å². The largest absolute Gasteiger partial charge is 0.494 e. The first-order valence-corrected chi connectivity index (χ1v) is 16.3. The molecular weight excluding hydrogens is 558 g/mol. The molecule has 0 aromatic heterocycles. The molecule has 1 N–H and O–H groups in total. The minimum absolute atomic E-state index is 0.0678. The number of thioether (sulfide) groups is 1. The van der Waals surface area contributed by atoms with Crippen molar-refractivity contribution >= 4 is 39.3 Å². The van der Waals surface area contributed by atoms with E-state index in [2.05, 4.69) is 5.32 Å². The van der Waals surface area contributed by atoms with E-state index in [1.165, 1.54) is 16.7 Å². The van der Waals surface area contributed by atoms with Crippen molar-refractivity contribution in [3.05, 3.63) is 83.9 Å². The molecule has 3 rings (SSSR count). The summed E-state index contributed by atoms with van der Waals surface area (Å²) in [4.78, 5) is 29.7. The molecule has 2 amide bonds. The van der Waals surface area contributed by atoms with Crippen LogP contribution in [0.25, 0.3) is 0 Å². The standard InChI is InChI=1S/C31H39N3O5S2/c1-6-29(31(36)32-7-2)33(21-24-12-10-9-11-23(24)4)30(35)22-34(25-13-15-26(16-14-25)39-8-3)41(37,38)28-19-17-27(40-5)18-20-28/h9-20,29H,6-8,21-22H2,1-5H3,(H,32,36)/t29-/m1/s1. The number of likely N-dealkylation sites (N-methyl/N-ethyl adjacent to an activating group) is 1. The van der Waals surface area contributed by atoms with Crippen LogP contribution in [-0.2, 0) is 26.2 Å². The number of hydrogen-bond donors (Lipinski definition) is 1. The molecule has 0 aliphatic heterocycles. The molecule has 220 valence electrons. The van der Waals surface area contributed by atoms with Crippen molar-refractivity contribution in [2.45, 2.75) is 56.5 Å². The molecule has 3 aromatic carbocycles. The second kappa shape index (κ2) is 14.9. The summed E-state index contributed by atoms with van der Waals surface area (Å²) in [6, 6.07) is 20.0. The Kier molecular flexibility index (Phi) is 11.7. The topological polar surface area (TPSA) is 96.0 Å². The third-order valence-corrected chi connectivity index (χ3v) is 9.23. The molecule has 41 heavy (non-hydrogen) atoms. The summed E-state index contributed by atoms with van der Waals surface area (Å²) in [5.41, 5.74) is 2.17. The monoisotopic (exact) mass is 597 g/mol. The Bertz CT molecular complexity index is 1410. The number of anilines is 1. The highest BCUT2D eigenvalue weighted by Gasteiger charge is 2.33. The van der Waals surface area contributed by atoms with Crippen LogP contribution in [0.1, 0.15) is 38.3 Å². The Morgan fingerprint density at radius 3 is 2.17 bits per heavy atom. The van der Waals surface area contributed by atoms with Gasteiger partial charge in [-0.05, 0) is 93.1 Å². The van der Waals surface area contributed by atoms with Crippen LogP contribution in [0.4, 0.5) is 5.69 Å². The van der Waals surface area contributed by atoms with Crippen LogP contribution in [0, 0.1) is 6.92 Å². The first-order valence-electron chi connectivity index (χ1n) is 13.7. The average molecular weight is 598 g/mol. The van der Waals surface area contributed by atoms with Gasteiger partial charge < -0.3 is 15.0 Å². The predicted molar refractivity (Wildman–Crippen MR) is 165 cm³/mol. The fraction of sp³-hybridized carbons (Fsp3) is 0.355. The molecule has 0 heterocycles. The minimum atomic E-state index is -4.14. The van der Waals surface area contributed by atoms with Crippen LogP contribution in [0.5, 0.6) is 5.75 Å². The van der Waals surface area contributed by atoms with Gasteiger partial charge in [0.15, 0.2) is 0 Å². The SMILES string of the molecule is CCNC(=O)[C@@H](CC)N(Cc1ccccc1C)C(=O)CN(c1ccc(OCC)cc1)S(=O)(=O)c1ccc(SC)cc1. The first-order chi connectivity index (χ1) is 19.7. The van der Waals surface area contributed by atoms with Crippen molar-refractivity contribution in [1.82, 2.24) is 10.2 Å². The zero-order valence-corrected chi connectivity index (χ0v) is 25.9. The molecule has 0 aliphatic rings. The van der Waals surface area contributed by atoms with E-state index in [1.54, 1.807) is 48.5 Å². The number of nitrogens with one attached hydrogen (secondary N) is 1. The van der Waals surface area contributed by atoms with Crippen LogP contribution in [0.3, 0.4) is 0 Å². The number of hydrogen-bond acceptors (Lipinski definition) is 6. The highest BCUT2D eigenvalue weighted by molar-refractivity contribution is 7.98. The van der Waals surface area contributed by atoms with Gasteiger partial charge in [-0.25, -0.2) is 8.42 Å². The molecule has 0 unspecified atom stereocenters. The third kappa shape index (κ3) is 8.04. The lowest BCUT2D eigenvalue weighted by Crippen LogP contribution is -2.52. The molecule has 0 fully saturated rings. The molecule has 0 saturated carbocycles. The highest BCUT2D eigenvalue weighted by atomic mass is 32.2. The summed E-state index contributed by atoms with van der Waals surface area (Å²) < 4.78 is 34.7. The van der Waals surface area contributed by atoms with Gasteiger partial charge in [0.1, 0.15) is 18.3 Å². The lowest BCUT2D eigenvalue weighted by Gasteiger charge is -2.33. The maximum atomic E-state index is 14.1. The summed E-state index contributed by atoms with van der Waals surface area (Å²) in [5.74, 6) is -0.169. The zero-order valence-electron chi connectivity index (χ0n) is 24.3. The fourth-order valence-electron chi connectivity index (χ4n) is 4.46. The quantitative estimate of drug-likeness (QED) is 0.255. The Balaban J connectivity index is 2.07. The van der Waals surface area contributed by atoms with Gasteiger partial charge in [0.25, 0.3) is 10.0 Å². The van der Waals surface area contributed by atoms with Crippen LogP contribution < -0.4 is 14.4 Å². The number of rotatable bonds is 14. The number of ether oxygens (including phenoxy) is 1. The van der Waals surface area contributed by atoms with Crippen molar-refractivity contribution in [1.29, 1.82) is 0 Å². The van der Waals surface area contributed by atoms with Crippen LogP contribution in [-0.4, -0.2) is 57.1 Å². The fourth-order valence-corrected chi connectivity index (χ4v) is 6.28. The molecule has 0 radical (unpaired) electrons. The predicted octanol–water partition coefficient (Wildman–Crippen LogP) is 5.25. The smallest absolute Gasteiger partial charge is 0.264 e. The van der Waals surface area contributed by atoms with Gasteiger partial charge in [-0.3, -0.25) is 13.9 Å². The maximum Gasteiger partial charge on any atom is 0.264 e. The van der Waals surface area contributed by atoms with E-state index in [9.17, 15) is 18.0 Å². The van der Waals surface area contributed by atoms with E-state index < -0.39 is 28.5 Å². The molecule has 3 aromatic rings. The molecule has 1 atom stereocenters. The van der Waals surface area contributed by atoms with Crippen molar-refractivity contribution in [2.75, 3.05) is 30.3 Å². The summed E-state index contributed by atoms with van der Waals surface area (Å²) in [7, 11) is -4.14. The number of aryl methyl sites for hydroxylation is 1. The Hall–Kier alpha value is -3.50. The van der Waals surface area contributed by atoms with E-state index >= 15 is 0 Å². The summed E-state index contributed by atoms with van der Waals surface area (Å²) in [6.07, 6.45) is 2.28. The number of carbonyl (C=O) groups excluding carboxylic acids is 2. The van der Waals surface area contributed by atoms with Crippen molar-refractivity contribution in [2.24, 2.45) is 0 Å². The second-order valence-corrected chi connectivity index (χ2v) is 12.1. The van der Waals surface area contributed by atoms with Gasteiger partial charge in [-0.2, -0.15) is 0 Å². The Morgan fingerprint density at radius 2 is 1.61 bits per heavy atom. The lowest BCUT2D eigenvalue weighted by molar-refractivity contribution is -0.140. The van der Waals surface area contributed by atoms with Crippen LogP contribution in [0.15, 0.2) is 82.6 Å². The molecule has 0 spiro atoms. The normalized spacial score (nSPS) is 11.9. The lowest BCUT2D eigenvalue weighted by atomic mass is 10.1. The van der Waals surface area contributed by atoms with Gasteiger partial charge in [-0.1, -0.05) is 31.2 Å². The second-order valence-electron chi connectivity index (χ2n) is 9.38. The van der Waals surface area contributed by atoms with Gasteiger partial charge in [-0.15, -0.1) is 11.8 Å². The minimum Gasteiger partial charge on any atom is -0.494 e. The van der Waals surface area contributed by atoms with Crippen molar-refractivity contribution < 1.29 is 22.7 Å². The molecule has 0 aliphatic carbocycles. The molecular formula is C31H39N3O5S2. The summed E-state index contributed by atoms with van der Waals surface area (Å²) in [5, 5.41) is 2.82. The van der Waals surface area contributed by atoms with Crippen molar-refractivity contribution in [3.8, 4) is 5.75 Å². The van der Waals surface area contributed by atoms with Gasteiger partial charge in [0.05, 0.1) is 17.2 Å². The maximum absolute atomic E-state index is 14.1. The molecule has 8 nitrogen and oxygen atoms in total. The van der Waals surface area contributed by atoms with E-state index in [4.69, 9.17) is 4.74 Å². The van der Waals surface area contributed by atoms with Crippen molar-refractivity contribution in [3.63, 3.8) is 0 Å². The number of benzene rings is 3. The molecule has 0 saturated heterocycles. The molecule has 10 heteroatoms. The summed E-state index contributed by atoms with van der Waals surface area (Å²) >= 11 is 1.51. The first kappa shape index (κ1) is 32.0. The Morgan fingerprint density at radius 1 is 0.951 bits per heavy atom. The Labute approximate surface area is 248 Å². The van der Waals surface area contributed by atoms with E-state index in [0.717, 1.165) is 20.3 Å². The number of amides is 2. The van der Waals surface area contributed by atoms with E-state index in [1.807, 2.05) is 58.2 Å². The van der Waals surface area contributed by atoms with Gasteiger partial charge >= 0.3 is 0 Å². The highest BCUT2D eigenvalue weighted by Crippen LogP contribution is 2.28. The van der Waals surface area contributed by atoms with Gasteiger partial charge in [0, 0.05) is 18.0 Å². The van der Waals surface area contributed by atoms with Gasteiger partial charge in [0.2, 0.25) is 11.8 Å². The third-order valence-electron chi connectivity index (χ3n) is 6.70. The number of sulfonamides is 1. The number of carbonyl (C=O) groups is 2. The van der Waals surface area contributed by atoms with E-state index in [-0.39, 0.29) is 17.3 Å². The average Bonchev–Trinajstić information content (AvgIpc) is 2.97.